The maximum Gasteiger partial charge on any atom is 0.214 e. The molecule has 2 rings (SSSR count). The van der Waals surface area contributed by atoms with Crippen LogP contribution >= 0.6 is 0 Å². The monoisotopic (exact) mass is 213 g/mol. The Balaban J connectivity index is 2.48. The van der Waals surface area contributed by atoms with Crippen LogP contribution in [0.3, 0.4) is 0 Å². The highest BCUT2D eigenvalue weighted by atomic mass is 16.3. The Bertz CT molecular complexity index is 589. The summed E-state index contributed by atoms with van der Waals surface area (Å²) in [6, 6.07) is 9.31. The van der Waals surface area contributed by atoms with Gasteiger partial charge < -0.3 is 4.42 Å². The molecular weight excluding hydrogens is 202 g/mol. The van der Waals surface area contributed by atoms with Crippen LogP contribution in [-0.4, -0.2) is 5.78 Å². The first-order valence-corrected chi connectivity index (χ1v) is 5.06. The molecule has 0 aliphatic carbocycles. The molecule has 0 bridgehead atoms. The molecule has 0 aliphatic heterocycles. The van der Waals surface area contributed by atoms with E-state index in [1.807, 2.05) is 31.2 Å². The van der Waals surface area contributed by atoms with Gasteiger partial charge in [0.2, 0.25) is 5.78 Å². The Morgan fingerprint density at radius 1 is 1.44 bits per heavy atom. The summed E-state index contributed by atoms with van der Waals surface area (Å²) in [5.41, 5.74) is 1.79. The molecule has 0 aliphatic rings. The number of benzene rings is 1. The van der Waals surface area contributed by atoms with E-state index in [1.54, 1.807) is 13.0 Å². The number of aryl methyl sites for hydroxylation is 1. The van der Waals surface area contributed by atoms with Crippen molar-refractivity contribution in [3.05, 3.63) is 35.6 Å². The van der Waals surface area contributed by atoms with Gasteiger partial charge in [0, 0.05) is 5.39 Å². The van der Waals surface area contributed by atoms with Crippen LogP contribution in [0.25, 0.3) is 11.0 Å². The lowest BCUT2D eigenvalue weighted by molar-refractivity contribution is 0.0931. The van der Waals surface area contributed by atoms with Gasteiger partial charge in [0.25, 0.3) is 0 Å². The van der Waals surface area contributed by atoms with Gasteiger partial charge >= 0.3 is 0 Å². The van der Waals surface area contributed by atoms with Crippen molar-refractivity contribution >= 4 is 16.8 Å². The zero-order valence-corrected chi connectivity index (χ0v) is 9.15. The van der Waals surface area contributed by atoms with Crippen LogP contribution in [0.2, 0.25) is 0 Å². The molecule has 1 atom stereocenters. The fraction of sp³-hybridized carbons (Fsp3) is 0.231. The van der Waals surface area contributed by atoms with Gasteiger partial charge in [0.1, 0.15) is 11.5 Å². The van der Waals surface area contributed by atoms with E-state index in [9.17, 15) is 4.79 Å². The summed E-state index contributed by atoms with van der Waals surface area (Å²) < 4.78 is 5.41. The molecule has 1 aromatic heterocycles. The van der Waals surface area contributed by atoms with Crippen LogP contribution in [0, 0.1) is 24.2 Å². The van der Waals surface area contributed by atoms with E-state index in [-0.39, 0.29) is 11.5 Å². The number of furan rings is 1. The van der Waals surface area contributed by atoms with Gasteiger partial charge in [-0.05, 0) is 32.0 Å². The van der Waals surface area contributed by atoms with Crippen molar-refractivity contribution in [2.45, 2.75) is 13.8 Å². The molecule has 0 radical (unpaired) electrons. The van der Waals surface area contributed by atoms with Crippen molar-refractivity contribution in [2.24, 2.45) is 5.92 Å². The molecule has 3 heteroatoms. The van der Waals surface area contributed by atoms with E-state index in [2.05, 4.69) is 0 Å². The number of nitrogens with zero attached hydrogens (tertiary/aromatic N) is 1. The number of hydrogen-bond donors (Lipinski definition) is 0. The lowest BCUT2D eigenvalue weighted by Gasteiger charge is -1.95. The van der Waals surface area contributed by atoms with Crippen molar-refractivity contribution in [2.75, 3.05) is 0 Å². The van der Waals surface area contributed by atoms with Gasteiger partial charge in [-0.3, -0.25) is 4.79 Å². The maximum atomic E-state index is 11.7. The number of carbonyl (C=O) groups is 1. The van der Waals surface area contributed by atoms with Gasteiger partial charge in [-0.2, -0.15) is 5.26 Å². The molecule has 3 nitrogen and oxygen atoms in total. The van der Waals surface area contributed by atoms with Crippen molar-refractivity contribution < 1.29 is 9.21 Å². The Labute approximate surface area is 93.3 Å². The highest BCUT2D eigenvalue weighted by Gasteiger charge is 2.18. The third-order valence-corrected chi connectivity index (χ3v) is 2.50. The Kier molecular flexibility index (Phi) is 2.49. The van der Waals surface area contributed by atoms with Crippen molar-refractivity contribution in [1.82, 2.24) is 0 Å². The summed E-state index contributed by atoms with van der Waals surface area (Å²) in [4.78, 5) is 11.7. The summed E-state index contributed by atoms with van der Waals surface area (Å²) in [5.74, 6) is -0.673. The Morgan fingerprint density at radius 3 is 2.88 bits per heavy atom. The van der Waals surface area contributed by atoms with Gasteiger partial charge in [0.05, 0.1) is 6.07 Å². The van der Waals surface area contributed by atoms with E-state index in [0.29, 0.717) is 5.58 Å². The number of Topliss-reactive ketones (excluding diaryl/α,β-unsaturated/α-hetero) is 1. The van der Waals surface area contributed by atoms with Crippen LogP contribution in [-0.2, 0) is 0 Å². The molecule has 80 valence electrons. The average molecular weight is 213 g/mol. The number of carbonyl (C=O) groups excluding carboxylic acids is 1. The van der Waals surface area contributed by atoms with E-state index in [4.69, 9.17) is 9.68 Å². The van der Waals surface area contributed by atoms with Crippen LogP contribution in [0.1, 0.15) is 23.0 Å². The minimum atomic E-state index is -0.665. The smallest absolute Gasteiger partial charge is 0.214 e. The lowest BCUT2D eigenvalue weighted by Crippen LogP contribution is -2.07. The van der Waals surface area contributed by atoms with Crippen molar-refractivity contribution in [3.63, 3.8) is 0 Å². The summed E-state index contributed by atoms with van der Waals surface area (Å²) >= 11 is 0. The maximum absolute atomic E-state index is 11.7. The molecule has 0 amide bonds. The minimum Gasteiger partial charge on any atom is -0.453 e. The summed E-state index contributed by atoms with van der Waals surface area (Å²) in [7, 11) is 0. The van der Waals surface area contributed by atoms with Gasteiger partial charge in [-0.1, -0.05) is 11.6 Å². The first-order chi connectivity index (χ1) is 7.61. The third-order valence-electron chi connectivity index (χ3n) is 2.50. The zero-order chi connectivity index (χ0) is 11.7. The fourth-order valence-corrected chi connectivity index (χ4v) is 1.56. The third kappa shape index (κ3) is 1.70. The number of ketones is 1. The van der Waals surface area contributed by atoms with E-state index < -0.39 is 5.92 Å². The Hall–Kier alpha value is -2.08. The first-order valence-electron chi connectivity index (χ1n) is 5.06. The molecule has 0 saturated heterocycles. The molecule has 2 aromatic rings. The second kappa shape index (κ2) is 3.82. The SMILES string of the molecule is Cc1ccc2oc(C(=O)C(C)C#N)cc2c1. The Morgan fingerprint density at radius 2 is 2.19 bits per heavy atom. The highest BCUT2D eigenvalue weighted by molar-refractivity contribution is 6.00. The highest BCUT2D eigenvalue weighted by Crippen LogP contribution is 2.22. The van der Waals surface area contributed by atoms with Crippen LogP contribution in [0.5, 0.6) is 0 Å². The quantitative estimate of drug-likeness (QED) is 0.720. The molecule has 0 spiro atoms. The molecule has 1 unspecified atom stereocenters. The predicted molar refractivity (Wildman–Crippen MR) is 60.1 cm³/mol. The normalized spacial score (nSPS) is 12.3. The molecular formula is C13H11NO2. The topological polar surface area (TPSA) is 54.0 Å². The standard InChI is InChI=1S/C13H11NO2/c1-8-3-4-11-10(5-8)6-12(16-11)13(15)9(2)7-14/h3-6,9H,1-2H3. The summed E-state index contributed by atoms with van der Waals surface area (Å²) in [5, 5.41) is 9.57. The van der Waals surface area contributed by atoms with E-state index in [1.165, 1.54) is 0 Å². The molecule has 1 heterocycles. The number of rotatable bonds is 2. The van der Waals surface area contributed by atoms with Crippen LogP contribution in [0.4, 0.5) is 0 Å². The molecule has 0 saturated carbocycles. The predicted octanol–water partition coefficient (Wildman–Crippen LogP) is 3.08. The number of nitriles is 1. The molecule has 0 N–H and O–H groups in total. The molecule has 0 fully saturated rings. The first kappa shape index (κ1) is 10.4. The fourth-order valence-electron chi connectivity index (χ4n) is 1.56. The van der Waals surface area contributed by atoms with Gasteiger partial charge in [-0.15, -0.1) is 0 Å². The van der Waals surface area contributed by atoms with Gasteiger partial charge in [0.15, 0.2) is 5.76 Å². The van der Waals surface area contributed by atoms with Crippen molar-refractivity contribution in [3.8, 4) is 6.07 Å². The average Bonchev–Trinajstić information content (AvgIpc) is 2.69. The second-order valence-corrected chi connectivity index (χ2v) is 3.87. The minimum absolute atomic E-state index is 0.259. The molecule has 16 heavy (non-hydrogen) atoms. The lowest BCUT2D eigenvalue weighted by atomic mass is 10.1. The zero-order valence-electron chi connectivity index (χ0n) is 9.15. The number of fused-ring (bicyclic) bond motifs is 1. The van der Waals surface area contributed by atoms with Gasteiger partial charge in [-0.25, -0.2) is 0 Å². The summed E-state index contributed by atoms with van der Waals surface area (Å²) in [6.45, 7) is 3.55. The van der Waals surface area contributed by atoms with Crippen molar-refractivity contribution in [1.29, 1.82) is 5.26 Å². The van der Waals surface area contributed by atoms with Crippen LogP contribution < -0.4 is 0 Å². The number of hydrogen-bond acceptors (Lipinski definition) is 3. The van der Waals surface area contributed by atoms with E-state index in [0.717, 1.165) is 10.9 Å². The second-order valence-electron chi connectivity index (χ2n) is 3.87. The summed E-state index contributed by atoms with van der Waals surface area (Å²) in [6.07, 6.45) is 0. The van der Waals surface area contributed by atoms with Crippen LogP contribution in [0.15, 0.2) is 28.7 Å². The largest absolute Gasteiger partial charge is 0.453 e. The van der Waals surface area contributed by atoms with E-state index >= 15 is 0 Å². The molecule has 1 aromatic carbocycles.